The molecule has 4 atom stereocenters. The molecule has 2 aliphatic rings. The molecule has 2 aliphatic heterocycles. The average Bonchev–Trinajstić information content (AvgIpc) is 3.21. The summed E-state index contributed by atoms with van der Waals surface area (Å²) in [5.74, 6) is -2.25. The van der Waals surface area contributed by atoms with Gasteiger partial charge in [-0.2, -0.15) is 17.9 Å². The van der Waals surface area contributed by atoms with E-state index in [4.69, 9.17) is 21.1 Å². The molecule has 2 aromatic carbocycles. The molecule has 0 aliphatic carbocycles. The van der Waals surface area contributed by atoms with E-state index in [1.165, 1.54) is 29.3 Å². The zero-order chi connectivity index (χ0) is 44.7. The number of oxime groups is 1. The van der Waals surface area contributed by atoms with Crippen molar-refractivity contribution < 1.29 is 51.0 Å². The number of pyridine rings is 1. The molecule has 0 bridgehead atoms. The number of fused-ring (bicyclic) bond motifs is 1. The van der Waals surface area contributed by atoms with Gasteiger partial charge in [-0.25, -0.2) is 13.2 Å². The molecule has 0 spiro atoms. The van der Waals surface area contributed by atoms with E-state index in [0.717, 1.165) is 24.1 Å². The van der Waals surface area contributed by atoms with Crippen molar-refractivity contribution in [1.82, 2.24) is 19.9 Å². The molecule has 2 unspecified atom stereocenters. The van der Waals surface area contributed by atoms with Crippen LogP contribution in [0.3, 0.4) is 0 Å². The summed E-state index contributed by atoms with van der Waals surface area (Å²) in [5.41, 5.74) is 6.96. The molecule has 0 saturated carbocycles. The van der Waals surface area contributed by atoms with Gasteiger partial charge in [0.25, 0.3) is 0 Å². The minimum Gasteiger partial charge on any atom is -0.481 e. The van der Waals surface area contributed by atoms with Gasteiger partial charge in [0.15, 0.2) is 5.96 Å². The molecule has 8 N–H and O–H groups in total. The Labute approximate surface area is 352 Å². The molecule has 1 saturated heterocycles. The fourth-order valence-electron chi connectivity index (χ4n) is 6.92. The van der Waals surface area contributed by atoms with Gasteiger partial charge < -0.3 is 36.3 Å². The van der Waals surface area contributed by atoms with Crippen LogP contribution in [0.4, 0.5) is 18.9 Å². The van der Waals surface area contributed by atoms with Crippen molar-refractivity contribution in [2.45, 2.75) is 88.4 Å². The van der Waals surface area contributed by atoms with Gasteiger partial charge in [-0.15, -0.1) is 0 Å². The number of guanidine groups is 1. The van der Waals surface area contributed by atoms with Gasteiger partial charge in [0.05, 0.1) is 11.3 Å². The summed E-state index contributed by atoms with van der Waals surface area (Å²) < 4.78 is 68.4. The average molecular weight is 875 g/mol. The van der Waals surface area contributed by atoms with Gasteiger partial charge in [-0.05, 0) is 92.7 Å². The number of carbonyl (C=O) groups excluding carboxylic acids is 1. The third kappa shape index (κ3) is 14.4. The van der Waals surface area contributed by atoms with Gasteiger partial charge in [-0.1, -0.05) is 43.3 Å². The minimum atomic E-state index is -4.46. The van der Waals surface area contributed by atoms with Crippen LogP contribution in [0.15, 0.2) is 77.0 Å². The van der Waals surface area contributed by atoms with Crippen LogP contribution in [0, 0.1) is 17.2 Å². The number of likely N-dealkylation sites (tertiary alicyclic amines) is 1. The number of alkyl halides is 3. The number of rotatable bonds is 17. The van der Waals surface area contributed by atoms with Crippen molar-refractivity contribution in [3.8, 4) is 0 Å². The molecule has 5 rings (SSSR count). The first-order valence-corrected chi connectivity index (χ1v) is 21.3. The Morgan fingerprint density at radius 1 is 1.07 bits per heavy atom. The number of carboxylic acid groups (broad SMARTS) is 2. The van der Waals surface area contributed by atoms with Crippen LogP contribution in [-0.4, -0.2) is 96.4 Å². The van der Waals surface area contributed by atoms with Crippen molar-refractivity contribution in [3.05, 3.63) is 89.2 Å². The van der Waals surface area contributed by atoms with E-state index in [1.807, 2.05) is 13.0 Å². The molecule has 332 valence electrons. The molecule has 1 fully saturated rings. The number of nitrogens with two attached hydrogens (primary N) is 1. The number of benzene rings is 2. The Morgan fingerprint density at radius 2 is 1.80 bits per heavy atom. The molecule has 3 heterocycles. The van der Waals surface area contributed by atoms with Crippen molar-refractivity contribution >= 4 is 45.2 Å². The summed E-state index contributed by atoms with van der Waals surface area (Å²) >= 11 is 0. The zero-order valence-corrected chi connectivity index (χ0v) is 34.8. The quantitative estimate of drug-likeness (QED) is 0.0408. The largest absolute Gasteiger partial charge is 0.481 e. The fraction of sp³-hybridized carbons (Fsp3) is 0.463. The van der Waals surface area contributed by atoms with Crippen LogP contribution in [0.2, 0.25) is 0 Å². The molecule has 1 amide bonds. The Hall–Kier alpha value is -5.76. The number of anilines is 1. The van der Waals surface area contributed by atoms with E-state index in [0.29, 0.717) is 55.8 Å². The van der Waals surface area contributed by atoms with E-state index in [2.05, 4.69) is 32.4 Å². The number of aliphatic carboxylic acids is 2. The number of hydrogen-bond acceptors (Lipinski definition) is 10. The van der Waals surface area contributed by atoms with E-state index >= 15 is 0 Å². The number of nitrogens with zero attached hydrogens (tertiary/aromatic N) is 3. The van der Waals surface area contributed by atoms with Crippen LogP contribution in [0.1, 0.15) is 81.0 Å². The van der Waals surface area contributed by atoms with Crippen LogP contribution in [0.5, 0.6) is 0 Å². The number of sulfonamides is 1. The van der Waals surface area contributed by atoms with Crippen molar-refractivity contribution in [3.63, 3.8) is 0 Å². The Balaban J connectivity index is 0.000000281. The van der Waals surface area contributed by atoms with Gasteiger partial charge in [0.1, 0.15) is 29.3 Å². The third-order valence-electron chi connectivity index (χ3n) is 10.0. The summed E-state index contributed by atoms with van der Waals surface area (Å²) in [4.78, 5) is 46.4. The van der Waals surface area contributed by atoms with Crippen LogP contribution in [0.25, 0.3) is 0 Å². The molecule has 20 heteroatoms. The van der Waals surface area contributed by atoms with Crippen molar-refractivity contribution in [1.29, 1.82) is 5.41 Å². The van der Waals surface area contributed by atoms with E-state index in [-0.39, 0.29) is 60.6 Å². The summed E-state index contributed by atoms with van der Waals surface area (Å²) in [6, 6.07) is 11.0. The number of hydrogen-bond donors (Lipinski definition) is 7. The first-order chi connectivity index (χ1) is 28.9. The summed E-state index contributed by atoms with van der Waals surface area (Å²) in [7, 11) is -4.10. The Kier molecular flexibility index (Phi) is 17.4. The highest BCUT2D eigenvalue weighted by Crippen LogP contribution is 2.32. The van der Waals surface area contributed by atoms with Crippen molar-refractivity contribution in [2.75, 3.05) is 31.6 Å². The maximum atomic E-state index is 13.5. The highest BCUT2D eigenvalue weighted by molar-refractivity contribution is 7.89. The zero-order valence-electron chi connectivity index (χ0n) is 34.0. The fourth-order valence-corrected chi connectivity index (χ4v) is 8.37. The maximum Gasteiger partial charge on any atom is 0.416 e. The minimum absolute atomic E-state index is 0.0240. The molecule has 61 heavy (non-hydrogen) atoms. The number of piperidine rings is 1. The molecule has 0 radical (unpaired) electrons. The SMILES string of the molecule is CC1CNc2c(cccc2S(=O)(=O)NC(CCCNC(=N)N)C(=O)N2CC[C@@H](C)C[C@@H]2C(=O)O)C1.O=C(O)CCCCO/N=C(\c1cccnc1)c1cccc(C(F)(F)F)c1. The highest BCUT2D eigenvalue weighted by Gasteiger charge is 2.39. The highest BCUT2D eigenvalue weighted by atomic mass is 32.2. The standard InChI is InChI=1S/C23H36N6O5S.C18H17F3N2O3/c1-14-8-10-29(18(12-14)22(31)32)21(30)17(6-4-9-26-23(24)25)28-35(33,34)19-7-3-5-16-11-15(2)13-27-20(16)19;19-18(20,21)15-7-3-5-13(11-15)17(14-6-4-9-22-12-14)23-26-10-2-1-8-16(24)25/h3,5,7,14-15,17-18,27-28H,4,6,8-13H2,1-2H3,(H,31,32)(H4,24,25,26);3-7,9,11-12H,1-2,8,10H2,(H,24,25)/b;23-17-/t14-,15?,17?,18-;/m1./s1. The lowest BCUT2D eigenvalue weighted by Gasteiger charge is -2.38. The Morgan fingerprint density at radius 3 is 2.48 bits per heavy atom. The van der Waals surface area contributed by atoms with Gasteiger partial charge >= 0.3 is 18.1 Å². The van der Waals surface area contributed by atoms with Crippen LogP contribution in [-0.2, 0) is 41.8 Å². The molecule has 3 aromatic rings. The van der Waals surface area contributed by atoms with Gasteiger partial charge in [-0.3, -0.25) is 20.0 Å². The predicted octanol–water partition coefficient (Wildman–Crippen LogP) is 5.04. The molecular weight excluding hydrogens is 822 g/mol. The van der Waals surface area contributed by atoms with Crippen LogP contribution >= 0.6 is 0 Å². The smallest absolute Gasteiger partial charge is 0.416 e. The number of halogens is 3. The number of para-hydroxylation sites is 1. The summed E-state index contributed by atoms with van der Waals surface area (Å²) in [5, 5.41) is 35.4. The van der Waals surface area contributed by atoms with E-state index < -0.39 is 51.7 Å². The first-order valence-electron chi connectivity index (χ1n) is 19.9. The monoisotopic (exact) mass is 874 g/mol. The Bertz CT molecular complexity index is 2120. The third-order valence-corrected chi connectivity index (χ3v) is 11.6. The van der Waals surface area contributed by atoms with E-state index in [9.17, 15) is 41.1 Å². The second-order valence-corrected chi connectivity index (χ2v) is 16.8. The second kappa shape index (κ2) is 22.2. The van der Waals surface area contributed by atoms with Gasteiger partial charge in [0, 0.05) is 49.6 Å². The number of amides is 1. The number of unbranched alkanes of at least 4 members (excludes halogenated alkanes) is 1. The van der Waals surface area contributed by atoms with E-state index in [1.54, 1.807) is 24.4 Å². The first kappa shape index (κ1) is 47.9. The summed E-state index contributed by atoms with van der Waals surface area (Å²) in [6.45, 7) is 5.36. The topological polar surface area (TPSA) is 249 Å². The molecule has 1 aromatic heterocycles. The lowest BCUT2D eigenvalue weighted by atomic mass is 9.91. The number of aromatic nitrogens is 1. The predicted molar refractivity (Wildman–Crippen MR) is 221 cm³/mol. The maximum absolute atomic E-state index is 13.5. The molecular formula is C41H53F3N8O8S. The lowest BCUT2D eigenvalue weighted by Crippen LogP contribution is -2.56. The van der Waals surface area contributed by atoms with Crippen molar-refractivity contribution in [2.24, 2.45) is 22.7 Å². The number of carboxylic acids is 2. The lowest BCUT2D eigenvalue weighted by molar-refractivity contribution is -0.153. The molecule has 16 nitrogen and oxygen atoms in total. The van der Waals surface area contributed by atoms with Gasteiger partial charge in [0.2, 0.25) is 15.9 Å². The number of carbonyl (C=O) groups is 3. The summed E-state index contributed by atoms with van der Waals surface area (Å²) in [6.07, 6.45) is 1.67. The van der Waals surface area contributed by atoms with Crippen LogP contribution < -0.4 is 21.1 Å². The normalized spacial score (nSPS) is 18.3. The number of nitrogens with one attached hydrogen (secondary N) is 4. The second-order valence-electron chi connectivity index (χ2n) is 15.1.